The van der Waals surface area contributed by atoms with Crippen molar-refractivity contribution in [3.63, 3.8) is 0 Å². The second kappa shape index (κ2) is 4.93. The van der Waals surface area contributed by atoms with Crippen molar-refractivity contribution in [2.45, 2.75) is 89.8 Å². The molecule has 4 nitrogen and oxygen atoms in total. The van der Waals surface area contributed by atoms with Crippen molar-refractivity contribution in [2.24, 2.45) is 17.3 Å². The van der Waals surface area contributed by atoms with Gasteiger partial charge in [-0.2, -0.15) is 0 Å². The summed E-state index contributed by atoms with van der Waals surface area (Å²) in [6.07, 6.45) is 4.73. The van der Waals surface area contributed by atoms with Gasteiger partial charge in [0.2, 0.25) is 0 Å². The molecule has 0 aromatic carbocycles. The molecule has 0 unspecified atom stereocenters. The first-order valence-electron chi connectivity index (χ1n) is 9.37. The Labute approximate surface area is 144 Å². The van der Waals surface area contributed by atoms with Gasteiger partial charge in [-0.15, -0.1) is 0 Å². The highest BCUT2D eigenvalue weighted by molar-refractivity contribution is 5.88. The topological polar surface area (TPSA) is 59.1 Å². The average molecular weight is 334 g/mol. The third-order valence-electron chi connectivity index (χ3n) is 7.47. The molecular formula is C20H30O4. The van der Waals surface area contributed by atoms with Crippen molar-refractivity contribution in [1.29, 1.82) is 0 Å². The largest absolute Gasteiger partial charge is 0.380 e. The second-order valence-electron chi connectivity index (χ2n) is 9.32. The number of ketones is 1. The molecule has 3 saturated heterocycles. The zero-order chi connectivity index (χ0) is 17.5. The fourth-order valence-electron chi connectivity index (χ4n) is 5.50. The van der Waals surface area contributed by atoms with Crippen LogP contribution in [0.4, 0.5) is 0 Å². The van der Waals surface area contributed by atoms with Crippen LogP contribution in [0.1, 0.15) is 60.3 Å². The maximum atomic E-state index is 13.1. The van der Waals surface area contributed by atoms with Crippen molar-refractivity contribution < 1.29 is 19.4 Å². The summed E-state index contributed by atoms with van der Waals surface area (Å²) in [6.45, 7) is 10.4. The van der Waals surface area contributed by atoms with Gasteiger partial charge in [-0.05, 0) is 43.9 Å². The van der Waals surface area contributed by atoms with Crippen LogP contribution in [0.2, 0.25) is 0 Å². The molecule has 4 aliphatic rings. The first-order chi connectivity index (χ1) is 11.1. The molecule has 0 aromatic heterocycles. The van der Waals surface area contributed by atoms with E-state index in [4.69, 9.17) is 9.47 Å². The Bertz CT molecular complexity index is 607. The number of epoxide rings is 1. The van der Waals surface area contributed by atoms with Crippen molar-refractivity contribution in [1.82, 2.24) is 0 Å². The van der Waals surface area contributed by atoms with Crippen LogP contribution in [0.15, 0.2) is 11.6 Å². The highest BCUT2D eigenvalue weighted by Gasteiger charge is 2.66. The summed E-state index contributed by atoms with van der Waals surface area (Å²) in [7, 11) is 0. The Morgan fingerprint density at radius 3 is 2.58 bits per heavy atom. The maximum absolute atomic E-state index is 13.1. The molecule has 0 saturated carbocycles. The number of fused-ring (bicyclic) bond motifs is 5. The lowest BCUT2D eigenvalue weighted by Crippen LogP contribution is -2.54. The number of hydrogen-bond acceptors (Lipinski definition) is 4. The Morgan fingerprint density at radius 2 is 1.92 bits per heavy atom. The van der Waals surface area contributed by atoms with E-state index in [0.29, 0.717) is 24.7 Å². The summed E-state index contributed by atoms with van der Waals surface area (Å²) >= 11 is 0. The molecule has 0 aromatic rings. The van der Waals surface area contributed by atoms with Gasteiger partial charge in [-0.3, -0.25) is 4.79 Å². The smallest absolute Gasteiger partial charge is 0.167 e. The molecule has 7 atom stereocenters. The molecule has 0 spiro atoms. The molecule has 1 aliphatic carbocycles. The third-order valence-corrected chi connectivity index (χ3v) is 7.47. The van der Waals surface area contributed by atoms with Gasteiger partial charge in [-0.25, -0.2) is 0 Å². The lowest BCUT2D eigenvalue weighted by molar-refractivity contribution is -0.169. The lowest BCUT2D eigenvalue weighted by Gasteiger charge is -2.38. The summed E-state index contributed by atoms with van der Waals surface area (Å²) in [6, 6.07) is 0. The predicted octanol–water partition coefficient (Wildman–Crippen LogP) is 3.02. The van der Waals surface area contributed by atoms with E-state index in [1.807, 2.05) is 0 Å². The molecular weight excluding hydrogens is 304 g/mol. The zero-order valence-electron chi connectivity index (χ0n) is 15.5. The highest BCUT2D eigenvalue weighted by atomic mass is 16.7. The summed E-state index contributed by atoms with van der Waals surface area (Å²) in [5.41, 5.74) is -0.545. The van der Waals surface area contributed by atoms with Crippen LogP contribution in [0.25, 0.3) is 0 Å². The van der Waals surface area contributed by atoms with E-state index < -0.39 is 11.7 Å². The van der Waals surface area contributed by atoms with Gasteiger partial charge in [0.1, 0.15) is 11.2 Å². The van der Waals surface area contributed by atoms with Crippen LogP contribution in [-0.4, -0.2) is 40.4 Å². The van der Waals surface area contributed by atoms with Gasteiger partial charge in [0, 0.05) is 12.8 Å². The van der Waals surface area contributed by atoms with Gasteiger partial charge in [-0.1, -0.05) is 32.4 Å². The first kappa shape index (κ1) is 16.7. The number of rotatable bonds is 1. The van der Waals surface area contributed by atoms with Gasteiger partial charge in [0.15, 0.2) is 5.78 Å². The maximum Gasteiger partial charge on any atom is 0.167 e. The minimum atomic E-state index is -1.44. The van der Waals surface area contributed by atoms with Crippen LogP contribution < -0.4 is 0 Å². The molecule has 3 aliphatic heterocycles. The van der Waals surface area contributed by atoms with Crippen LogP contribution in [0, 0.1) is 17.3 Å². The predicted molar refractivity (Wildman–Crippen MR) is 90.6 cm³/mol. The third kappa shape index (κ3) is 2.12. The molecule has 3 heterocycles. The van der Waals surface area contributed by atoms with Crippen LogP contribution in [0.3, 0.4) is 0 Å². The standard InChI is InChI=1S/C20H30O4/c1-11(2)13-7-6-12-8-16-20(5)17(24-20)9-15(23-16)19(4,22)14(21)10-18(12,13)3/h6,11,13,15-17,22H,7-10H2,1-5H3/t13-,15-,16+,17+,18+,19+,20+/m0/s1. The Hall–Kier alpha value is -0.710. The molecule has 4 heteroatoms. The van der Waals surface area contributed by atoms with Crippen molar-refractivity contribution in [2.75, 3.05) is 0 Å². The van der Waals surface area contributed by atoms with E-state index in [2.05, 4.69) is 33.8 Å². The average Bonchev–Trinajstić information content (AvgIpc) is 3.05. The first-order valence-corrected chi connectivity index (χ1v) is 9.37. The summed E-state index contributed by atoms with van der Waals surface area (Å²) < 4.78 is 12.2. The van der Waals surface area contributed by atoms with E-state index in [1.54, 1.807) is 6.92 Å². The summed E-state index contributed by atoms with van der Waals surface area (Å²) in [5, 5.41) is 11.0. The number of Topliss-reactive ketones (excluding diaryl/α,β-unsaturated/α-hetero) is 1. The van der Waals surface area contributed by atoms with Crippen molar-refractivity contribution in [3.8, 4) is 0 Å². The van der Waals surface area contributed by atoms with Gasteiger partial charge in [0.25, 0.3) is 0 Å². The quantitative estimate of drug-likeness (QED) is 0.591. The van der Waals surface area contributed by atoms with E-state index >= 15 is 0 Å². The number of carbonyl (C=O) groups is 1. The van der Waals surface area contributed by atoms with E-state index in [0.717, 1.165) is 12.8 Å². The Kier molecular flexibility index (Phi) is 3.44. The molecule has 1 N–H and O–H groups in total. The second-order valence-corrected chi connectivity index (χ2v) is 9.32. The van der Waals surface area contributed by atoms with E-state index in [9.17, 15) is 9.90 Å². The highest BCUT2D eigenvalue weighted by Crippen LogP contribution is 2.57. The van der Waals surface area contributed by atoms with Crippen molar-refractivity contribution >= 4 is 5.78 Å². The van der Waals surface area contributed by atoms with Gasteiger partial charge in [0.05, 0.1) is 18.3 Å². The molecule has 134 valence electrons. The lowest BCUT2D eigenvalue weighted by atomic mass is 9.65. The summed E-state index contributed by atoms with van der Waals surface area (Å²) in [4.78, 5) is 13.1. The molecule has 24 heavy (non-hydrogen) atoms. The molecule has 3 fully saturated rings. The number of ether oxygens (including phenoxy) is 2. The number of allylic oxidation sites excluding steroid dienone is 1. The van der Waals surface area contributed by atoms with Gasteiger partial charge >= 0.3 is 0 Å². The molecule has 0 amide bonds. The minimum Gasteiger partial charge on any atom is -0.380 e. The minimum absolute atomic E-state index is 0.0740. The fraction of sp³-hybridized carbons (Fsp3) is 0.850. The number of aliphatic hydroxyl groups is 1. The van der Waals surface area contributed by atoms with E-state index in [-0.39, 0.29) is 29.0 Å². The Balaban J connectivity index is 1.76. The fourth-order valence-corrected chi connectivity index (χ4v) is 5.50. The zero-order valence-corrected chi connectivity index (χ0v) is 15.5. The van der Waals surface area contributed by atoms with Crippen LogP contribution in [-0.2, 0) is 14.3 Å². The number of carbonyl (C=O) groups excluding carboxylic acids is 1. The van der Waals surface area contributed by atoms with Crippen LogP contribution >= 0.6 is 0 Å². The van der Waals surface area contributed by atoms with E-state index in [1.165, 1.54) is 5.57 Å². The van der Waals surface area contributed by atoms with Crippen molar-refractivity contribution in [3.05, 3.63) is 11.6 Å². The normalized spacial score (nSPS) is 53.6. The van der Waals surface area contributed by atoms with Crippen LogP contribution in [0.5, 0.6) is 0 Å². The monoisotopic (exact) mass is 334 g/mol. The molecule has 2 bridgehead atoms. The Morgan fingerprint density at radius 1 is 1.21 bits per heavy atom. The molecule has 4 rings (SSSR count). The van der Waals surface area contributed by atoms with Gasteiger partial charge < -0.3 is 14.6 Å². The summed E-state index contributed by atoms with van der Waals surface area (Å²) in [5.74, 6) is 0.857. The molecule has 0 radical (unpaired) electrons. The SMILES string of the molecule is CC(C)[C@@H]1CC=C2C[C@H]3O[C@@H](C[C@H]4O[C@]34C)[C@](C)(O)C(=O)C[C@]21C. The number of hydrogen-bond donors (Lipinski definition) is 1.